The molecule has 1 heterocycles. The van der Waals surface area contributed by atoms with Crippen molar-refractivity contribution in [3.63, 3.8) is 0 Å². The Kier molecular flexibility index (Phi) is 13.6. The maximum Gasteiger partial charge on any atom is 0.407 e. The quantitative estimate of drug-likeness (QED) is 0.187. The molecule has 1 aromatic rings. The van der Waals surface area contributed by atoms with Crippen molar-refractivity contribution in [2.24, 2.45) is 4.99 Å². The van der Waals surface area contributed by atoms with Crippen molar-refractivity contribution in [2.75, 3.05) is 59.4 Å². The highest BCUT2D eigenvalue weighted by molar-refractivity contribution is 14.0. The Morgan fingerprint density at radius 2 is 1.56 bits per heavy atom. The van der Waals surface area contributed by atoms with Crippen molar-refractivity contribution in [3.8, 4) is 0 Å². The van der Waals surface area contributed by atoms with Gasteiger partial charge >= 0.3 is 6.09 Å². The molecule has 8 nitrogen and oxygen atoms in total. The number of amides is 1. The summed E-state index contributed by atoms with van der Waals surface area (Å²) in [5.41, 5.74) is 0.907. The molecule has 3 N–H and O–H groups in total. The smallest absolute Gasteiger partial charge is 0.407 e. The second-order valence-corrected chi connectivity index (χ2v) is 8.81. The van der Waals surface area contributed by atoms with E-state index in [1.807, 2.05) is 20.8 Å². The van der Waals surface area contributed by atoms with E-state index in [4.69, 9.17) is 4.74 Å². The lowest BCUT2D eigenvalue weighted by atomic mass is 10.2. The number of piperazine rings is 1. The van der Waals surface area contributed by atoms with E-state index in [1.165, 1.54) is 5.56 Å². The molecule has 0 aliphatic carbocycles. The van der Waals surface area contributed by atoms with Crippen LogP contribution in [0.4, 0.5) is 4.79 Å². The van der Waals surface area contributed by atoms with Crippen LogP contribution in [0.3, 0.4) is 0 Å². The summed E-state index contributed by atoms with van der Waals surface area (Å²) >= 11 is 0. The summed E-state index contributed by atoms with van der Waals surface area (Å²) in [6.45, 7) is 14.1. The molecule has 0 atom stereocenters. The highest BCUT2D eigenvalue weighted by Crippen LogP contribution is 2.08. The molecule has 1 saturated heterocycles. The number of halogens is 1. The molecular formula is C23H41IN6O2. The van der Waals surface area contributed by atoms with E-state index in [2.05, 4.69) is 61.1 Å². The van der Waals surface area contributed by atoms with Crippen LogP contribution >= 0.6 is 24.0 Å². The average Bonchev–Trinajstić information content (AvgIpc) is 2.73. The van der Waals surface area contributed by atoms with E-state index < -0.39 is 11.7 Å². The number of rotatable bonds is 9. The van der Waals surface area contributed by atoms with Crippen molar-refractivity contribution < 1.29 is 9.53 Å². The summed E-state index contributed by atoms with van der Waals surface area (Å²) in [4.78, 5) is 20.9. The molecule has 0 saturated carbocycles. The molecule has 1 aliphatic rings. The molecule has 0 spiro atoms. The number of nitrogens with zero attached hydrogens (tertiary/aromatic N) is 3. The zero-order valence-corrected chi connectivity index (χ0v) is 22.4. The number of nitrogens with one attached hydrogen (secondary N) is 3. The van der Waals surface area contributed by atoms with Gasteiger partial charge in [-0.2, -0.15) is 0 Å². The van der Waals surface area contributed by atoms with E-state index >= 15 is 0 Å². The number of carbonyl (C=O) groups is 1. The minimum Gasteiger partial charge on any atom is -0.444 e. The second kappa shape index (κ2) is 15.3. The van der Waals surface area contributed by atoms with Gasteiger partial charge in [-0.1, -0.05) is 30.3 Å². The van der Waals surface area contributed by atoms with E-state index in [0.29, 0.717) is 13.1 Å². The summed E-state index contributed by atoms with van der Waals surface area (Å²) in [7, 11) is 1.75. The molecule has 0 unspecified atom stereocenters. The number of hydrogen-bond donors (Lipinski definition) is 3. The SMILES string of the molecule is CN=C(NCCCN1CCN(Cc2ccccc2)CC1)NCCNC(=O)OC(C)(C)C.I. The summed E-state index contributed by atoms with van der Waals surface area (Å²) < 4.78 is 5.21. The Balaban J connectivity index is 0.00000512. The standard InChI is InChI=1S/C23H40N6O2.HI/c1-23(2,3)31-22(30)27-13-12-26-21(24-4)25-11-8-14-28-15-17-29(18-16-28)19-20-9-6-5-7-10-20;/h5-7,9-10H,8,11-19H2,1-4H3,(H,27,30)(H2,24,25,26);1H. The lowest BCUT2D eigenvalue weighted by Gasteiger charge is -2.34. The predicted octanol–water partition coefficient (Wildman–Crippen LogP) is 2.50. The third kappa shape index (κ3) is 12.4. The fourth-order valence-electron chi connectivity index (χ4n) is 3.40. The minimum absolute atomic E-state index is 0. The van der Waals surface area contributed by atoms with Crippen LogP contribution in [0, 0.1) is 0 Å². The third-order valence-corrected chi connectivity index (χ3v) is 4.97. The third-order valence-electron chi connectivity index (χ3n) is 4.97. The molecule has 1 fully saturated rings. The number of guanidine groups is 1. The summed E-state index contributed by atoms with van der Waals surface area (Å²) in [6, 6.07) is 10.7. The molecule has 0 aromatic heterocycles. The molecule has 182 valence electrons. The molecule has 1 aliphatic heterocycles. The van der Waals surface area contributed by atoms with Crippen molar-refractivity contribution in [3.05, 3.63) is 35.9 Å². The molecule has 1 aromatic carbocycles. The first-order valence-electron chi connectivity index (χ1n) is 11.3. The largest absolute Gasteiger partial charge is 0.444 e. The highest BCUT2D eigenvalue weighted by Gasteiger charge is 2.17. The molecule has 2 rings (SSSR count). The minimum atomic E-state index is -0.482. The maximum absolute atomic E-state index is 11.6. The van der Waals surface area contributed by atoms with Gasteiger partial charge in [-0.15, -0.1) is 24.0 Å². The monoisotopic (exact) mass is 560 g/mol. The highest BCUT2D eigenvalue weighted by atomic mass is 127. The van der Waals surface area contributed by atoms with E-state index in [1.54, 1.807) is 7.05 Å². The van der Waals surface area contributed by atoms with Crippen LogP contribution < -0.4 is 16.0 Å². The van der Waals surface area contributed by atoms with Crippen LogP contribution in [0.1, 0.15) is 32.8 Å². The van der Waals surface area contributed by atoms with Crippen molar-refractivity contribution in [1.82, 2.24) is 25.8 Å². The summed E-state index contributed by atoms with van der Waals surface area (Å²) in [5.74, 6) is 0.749. The number of aliphatic imine (C=N–C) groups is 1. The fourth-order valence-corrected chi connectivity index (χ4v) is 3.40. The maximum atomic E-state index is 11.6. The lowest BCUT2D eigenvalue weighted by Crippen LogP contribution is -2.47. The molecule has 32 heavy (non-hydrogen) atoms. The van der Waals surface area contributed by atoms with Crippen molar-refractivity contribution in [1.29, 1.82) is 0 Å². The van der Waals surface area contributed by atoms with Gasteiger partial charge in [0.25, 0.3) is 0 Å². The summed E-state index contributed by atoms with van der Waals surface area (Å²) in [5, 5.41) is 9.27. The number of benzene rings is 1. The topological polar surface area (TPSA) is 81.2 Å². The normalized spacial score (nSPS) is 15.6. The first-order chi connectivity index (χ1) is 14.9. The van der Waals surface area contributed by atoms with Gasteiger partial charge in [0.2, 0.25) is 0 Å². The van der Waals surface area contributed by atoms with Crippen LogP contribution in [0.5, 0.6) is 0 Å². The lowest BCUT2D eigenvalue weighted by molar-refractivity contribution is 0.0529. The number of carbonyl (C=O) groups excluding carboxylic acids is 1. The fraction of sp³-hybridized carbons (Fsp3) is 0.652. The van der Waals surface area contributed by atoms with Gasteiger partial charge in [-0.05, 0) is 39.3 Å². The Hall–Kier alpha value is -1.59. The van der Waals surface area contributed by atoms with Crippen LogP contribution in [0.2, 0.25) is 0 Å². The van der Waals surface area contributed by atoms with Gasteiger partial charge in [0.1, 0.15) is 5.60 Å². The average molecular weight is 561 g/mol. The van der Waals surface area contributed by atoms with Gasteiger partial charge in [-0.25, -0.2) is 4.79 Å². The Bertz CT molecular complexity index is 673. The first-order valence-corrected chi connectivity index (χ1v) is 11.3. The molecule has 1 amide bonds. The van der Waals surface area contributed by atoms with Crippen molar-refractivity contribution >= 4 is 36.0 Å². The van der Waals surface area contributed by atoms with Crippen LogP contribution in [-0.2, 0) is 11.3 Å². The van der Waals surface area contributed by atoms with Gasteiger partial charge in [0.15, 0.2) is 5.96 Å². The Morgan fingerprint density at radius 3 is 2.19 bits per heavy atom. The molecule has 0 radical (unpaired) electrons. The van der Waals surface area contributed by atoms with E-state index in [0.717, 1.165) is 58.2 Å². The van der Waals surface area contributed by atoms with Gasteiger partial charge in [0.05, 0.1) is 0 Å². The van der Waals surface area contributed by atoms with Gasteiger partial charge < -0.3 is 25.6 Å². The van der Waals surface area contributed by atoms with Crippen molar-refractivity contribution in [2.45, 2.75) is 39.3 Å². The number of alkyl carbamates (subject to hydrolysis) is 1. The van der Waals surface area contributed by atoms with Gasteiger partial charge in [0, 0.05) is 59.4 Å². The molecule has 0 bridgehead atoms. The molecular weight excluding hydrogens is 519 g/mol. The van der Waals surface area contributed by atoms with E-state index in [-0.39, 0.29) is 24.0 Å². The summed E-state index contributed by atoms with van der Waals surface area (Å²) in [6.07, 6.45) is 0.663. The zero-order valence-electron chi connectivity index (χ0n) is 20.0. The number of ether oxygens (including phenoxy) is 1. The van der Waals surface area contributed by atoms with Crippen LogP contribution in [-0.4, -0.2) is 86.9 Å². The van der Waals surface area contributed by atoms with Crippen LogP contribution in [0.25, 0.3) is 0 Å². The van der Waals surface area contributed by atoms with Crippen LogP contribution in [0.15, 0.2) is 35.3 Å². The Labute approximate surface area is 210 Å². The molecule has 9 heteroatoms. The number of hydrogen-bond acceptors (Lipinski definition) is 5. The van der Waals surface area contributed by atoms with Gasteiger partial charge in [-0.3, -0.25) is 9.89 Å². The zero-order chi connectivity index (χ0) is 22.5. The first kappa shape index (κ1) is 28.4. The second-order valence-electron chi connectivity index (χ2n) is 8.81. The Morgan fingerprint density at radius 1 is 0.969 bits per heavy atom. The predicted molar refractivity (Wildman–Crippen MR) is 142 cm³/mol. The van der Waals surface area contributed by atoms with E-state index in [9.17, 15) is 4.79 Å².